The van der Waals surface area contributed by atoms with E-state index >= 15 is 0 Å². The second kappa shape index (κ2) is 6.40. The van der Waals surface area contributed by atoms with Crippen LogP contribution in [0.4, 0.5) is 5.69 Å². The second-order valence-corrected chi connectivity index (χ2v) is 5.32. The summed E-state index contributed by atoms with van der Waals surface area (Å²) in [6.45, 7) is 3.46. The molecule has 0 saturated carbocycles. The highest BCUT2D eigenvalue weighted by Gasteiger charge is 2.13. The van der Waals surface area contributed by atoms with Crippen LogP contribution in [-0.4, -0.2) is 13.2 Å². The molecular formula is C18H18N2O2. The molecule has 1 N–H and O–H groups in total. The molecule has 112 valence electrons. The zero-order valence-electron chi connectivity index (χ0n) is 12.5. The number of fused-ring (bicyclic) bond motifs is 1. The van der Waals surface area contributed by atoms with Crippen LogP contribution in [0.15, 0.2) is 42.5 Å². The third-order valence-electron chi connectivity index (χ3n) is 3.65. The number of nitrogens with one attached hydrogen (secondary N) is 1. The summed E-state index contributed by atoms with van der Waals surface area (Å²) in [5, 5.41) is 12.4. The maximum absolute atomic E-state index is 8.96. The number of benzene rings is 2. The Bertz CT molecular complexity index is 706. The zero-order chi connectivity index (χ0) is 15.4. The lowest BCUT2D eigenvalue weighted by Gasteiger charge is -2.17. The van der Waals surface area contributed by atoms with Crippen LogP contribution in [0, 0.1) is 11.3 Å². The van der Waals surface area contributed by atoms with Crippen molar-refractivity contribution in [2.24, 2.45) is 0 Å². The van der Waals surface area contributed by atoms with Gasteiger partial charge in [0.15, 0.2) is 11.5 Å². The zero-order valence-corrected chi connectivity index (χ0v) is 12.5. The number of hydrogen-bond acceptors (Lipinski definition) is 4. The molecule has 0 aliphatic carbocycles. The Balaban J connectivity index is 1.78. The van der Waals surface area contributed by atoms with Crippen LogP contribution in [0.1, 0.15) is 30.5 Å². The fraction of sp³-hybridized carbons (Fsp3) is 0.278. The molecule has 1 atom stereocenters. The lowest BCUT2D eigenvalue weighted by atomic mass is 10.1. The van der Waals surface area contributed by atoms with E-state index in [0.717, 1.165) is 29.2 Å². The number of nitrogens with zero attached hydrogens (tertiary/aromatic N) is 1. The van der Waals surface area contributed by atoms with Crippen molar-refractivity contribution in [3.63, 3.8) is 0 Å². The van der Waals surface area contributed by atoms with E-state index in [1.54, 1.807) is 6.07 Å². The van der Waals surface area contributed by atoms with Crippen LogP contribution < -0.4 is 14.8 Å². The number of anilines is 1. The van der Waals surface area contributed by atoms with Gasteiger partial charge >= 0.3 is 0 Å². The van der Waals surface area contributed by atoms with E-state index in [0.29, 0.717) is 18.8 Å². The molecule has 1 aliphatic rings. The number of nitriles is 1. The van der Waals surface area contributed by atoms with Crippen LogP contribution in [-0.2, 0) is 0 Å². The molecule has 0 amide bonds. The lowest BCUT2D eigenvalue weighted by molar-refractivity contribution is 0.297. The van der Waals surface area contributed by atoms with E-state index in [-0.39, 0.29) is 6.04 Å². The Morgan fingerprint density at radius 3 is 2.73 bits per heavy atom. The van der Waals surface area contributed by atoms with Gasteiger partial charge in [0, 0.05) is 18.2 Å². The molecular weight excluding hydrogens is 276 g/mol. The van der Waals surface area contributed by atoms with Crippen molar-refractivity contribution in [2.45, 2.75) is 19.4 Å². The Morgan fingerprint density at radius 1 is 1.09 bits per heavy atom. The summed E-state index contributed by atoms with van der Waals surface area (Å²) >= 11 is 0. The van der Waals surface area contributed by atoms with Crippen molar-refractivity contribution in [3.8, 4) is 17.6 Å². The maximum atomic E-state index is 8.96. The normalized spacial score (nSPS) is 14.5. The summed E-state index contributed by atoms with van der Waals surface area (Å²) < 4.78 is 11.4. The molecule has 4 nitrogen and oxygen atoms in total. The highest BCUT2D eigenvalue weighted by Crippen LogP contribution is 2.33. The Morgan fingerprint density at radius 2 is 1.91 bits per heavy atom. The topological polar surface area (TPSA) is 54.3 Å². The SMILES string of the molecule is CC(Nc1cccc(C#N)c1)c1ccc2c(c1)OCCCO2. The number of rotatable bonds is 3. The minimum atomic E-state index is 0.103. The van der Waals surface area contributed by atoms with E-state index in [4.69, 9.17) is 14.7 Å². The van der Waals surface area contributed by atoms with Gasteiger partial charge in [-0.3, -0.25) is 0 Å². The smallest absolute Gasteiger partial charge is 0.161 e. The molecule has 0 fully saturated rings. The Kier molecular flexibility index (Phi) is 4.15. The fourth-order valence-corrected chi connectivity index (χ4v) is 2.46. The predicted octanol–water partition coefficient (Wildman–Crippen LogP) is 3.89. The molecule has 0 radical (unpaired) electrons. The third kappa shape index (κ3) is 3.15. The van der Waals surface area contributed by atoms with Crippen molar-refractivity contribution in [2.75, 3.05) is 18.5 Å². The van der Waals surface area contributed by atoms with Crippen molar-refractivity contribution < 1.29 is 9.47 Å². The van der Waals surface area contributed by atoms with Crippen LogP contribution in [0.5, 0.6) is 11.5 Å². The monoisotopic (exact) mass is 294 g/mol. The summed E-state index contributed by atoms with van der Waals surface area (Å²) in [5.74, 6) is 1.61. The lowest BCUT2D eigenvalue weighted by Crippen LogP contribution is -2.07. The summed E-state index contributed by atoms with van der Waals surface area (Å²) in [6.07, 6.45) is 0.902. The molecule has 3 rings (SSSR count). The largest absolute Gasteiger partial charge is 0.490 e. The first-order valence-electron chi connectivity index (χ1n) is 7.42. The van der Waals surface area contributed by atoms with Gasteiger partial charge in [0.1, 0.15) is 0 Å². The fourth-order valence-electron chi connectivity index (χ4n) is 2.46. The molecule has 1 heterocycles. The molecule has 0 aromatic heterocycles. The van der Waals surface area contributed by atoms with Crippen molar-refractivity contribution >= 4 is 5.69 Å². The van der Waals surface area contributed by atoms with E-state index in [1.807, 2.05) is 36.4 Å². The quantitative estimate of drug-likeness (QED) is 0.933. The average molecular weight is 294 g/mol. The molecule has 0 spiro atoms. The molecule has 1 aliphatic heterocycles. The number of hydrogen-bond donors (Lipinski definition) is 1. The minimum Gasteiger partial charge on any atom is -0.490 e. The molecule has 0 bridgehead atoms. The van der Waals surface area contributed by atoms with Gasteiger partial charge in [0.25, 0.3) is 0 Å². The van der Waals surface area contributed by atoms with Crippen LogP contribution >= 0.6 is 0 Å². The first kappa shape index (κ1) is 14.3. The summed E-state index contributed by atoms with van der Waals surface area (Å²) in [6, 6.07) is 15.8. The van der Waals surface area contributed by atoms with Gasteiger partial charge < -0.3 is 14.8 Å². The standard InChI is InChI=1S/C18H18N2O2/c1-13(20-16-5-2-4-14(10-16)12-19)15-6-7-17-18(11-15)22-9-3-8-21-17/h2,4-7,10-11,13,20H,3,8-9H2,1H3. The maximum Gasteiger partial charge on any atom is 0.161 e. The summed E-state index contributed by atoms with van der Waals surface area (Å²) in [7, 11) is 0. The van der Waals surface area contributed by atoms with E-state index < -0.39 is 0 Å². The van der Waals surface area contributed by atoms with E-state index in [9.17, 15) is 0 Å². The first-order valence-corrected chi connectivity index (χ1v) is 7.42. The highest BCUT2D eigenvalue weighted by atomic mass is 16.5. The molecule has 1 unspecified atom stereocenters. The minimum absolute atomic E-state index is 0.103. The molecule has 2 aromatic rings. The van der Waals surface area contributed by atoms with Crippen LogP contribution in [0.2, 0.25) is 0 Å². The van der Waals surface area contributed by atoms with Gasteiger partial charge in [0.2, 0.25) is 0 Å². The second-order valence-electron chi connectivity index (χ2n) is 5.32. The van der Waals surface area contributed by atoms with Crippen molar-refractivity contribution in [3.05, 3.63) is 53.6 Å². The van der Waals surface area contributed by atoms with Gasteiger partial charge in [-0.05, 0) is 42.8 Å². The summed E-state index contributed by atoms with van der Waals surface area (Å²) in [5.41, 5.74) is 2.70. The Labute approximate surface area is 130 Å². The number of ether oxygens (including phenoxy) is 2. The van der Waals surface area contributed by atoms with Crippen LogP contribution in [0.25, 0.3) is 0 Å². The van der Waals surface area contributed by atoms with Gasteiger partial charge in [0.05, 0.1) is 24.8 Å². The van der Waals surface area contributed by atoms with Crippen molar-refractivity contribution in [1.82, 2.24) is 0 Å². The van der Waals surface area contributed by atoms with Gasteiger partial charge in [-0.1, -0.05) is 12.1 Å². The summed E-state index contributed by atoms with van der Waals surface area (Å²) in [4.78, 5) is 0. The molecule has 0 saturated heterocycles. The predicted molar refractivity (Wildman–Crippen MR) is 85.2 cm³/mol. The van der Waals surface area contributed by atoms with Crippen LogP contribution in [0.3, 0.4) is 0 Å². The molecule has 4 heteroatoms. The van der Waals surface area contributed by atoms with E-state index in [2.05, 4.69) is 18.3 Å². The third-order valence-corrected chi connectivity index (χ3v) is 3.65. The molecule has 22 heavy (non-hydrogen) atoms. The molecule has 2 aromatic carbocycles. The first-order chi connectivity index (χ1) is 10.8. The average Bonchev–Trinajstić information content (AvgIpc) is 2.79. The Hall–Kier alpha value is -2.67. The van der Waals surface area contributed by atoms with Gasteiger partial charge in [-0.2, -0.15) is 5.26 Å². The van der Waals surface area contributed by atoms with Gasteiger partial charge in [-0.25, -0.2) is 0 Å². The highest BCUT2D eigenvalue weighted by molar-refractivity contribution is 5.52. The van der Waals surface area contributed by atoms with Crippen molar-refractivity contribution in [1.29, 1.82) is 5.26 Å². The van der Waals surface area contributed by atoms with Gasteiger partial charge in [-0.15, -0.1) is 0 Å². The van der Waals surface area contributed by atoms with E-state index in [1.165, 1.54) is 0 Å².